The largest absolute Gasteiger partial charge is 0.389 e. The van der Waals surface area contributed by atoms with Crippen LogP contribution in [0.25, 0.3) is 0 Å². The van der Waals surface area contributed by atoms with Crippen LogP contribution in [-0.2, 0) is 11.3 Å². The average Bonchev–Trinajstić information content (AvgIpc) is 2.56. The Labute approximate surface area is 139 Å². The Hall–Kier alpha value is -1.16. The van der Waals surface area contributed by atoms with Crippen LogP contribution in [0.1, 0.15) is 32.3 Å². The average molecular weight is 315 g/mol. The van der Waals surface area contributed by atoms with Gasteiger partial charge in [-0.25, -0.2) is 0 Å². The molecule has 2 N–H and O–H groups in total. The van der Waals surface area contributed by atoms with Gasteiger partial charge in [-0.1, -0.05) is 50.3 Å². The first-order valence-corrected chi connectivity index (χ1v) is 8.76. The molecule has 0 aromatic heterocycles. The zero-order valence-electron chi connectivity index (χ0n) is 14.3. The number of aliphatic hydroxyl groups excluding tert-OH is 1. The van der Waals surface area contributed by atoms with Gasteiger partial charge in [-0.3, -0.25) is 0 Å². The molecule has 0 spiro atoms. The summed E-state index contributed by atoms with van der Waals surface area (Å²) >= 11 is 0. The molecular formula is C20H29NO2. The van der Waals surface area contributed by atoms with E-state index in [1.165, 1.54) is 24.0 Å². The highest BCUT2D eigenvalue weighted by Crippen LogP contribution is 2.59. The van der Waals surface area contributed by atoms with Crippen molar-refractivity contribution in [2.75, 3.05) is 19.8 Å². The van der Waals surface area contributed by atoms with Gasteiger partial charge in [-0.15, -0.1) is 0 Å². The van der Waals surface area contributed by atoms with Crippen molar-refractivity contribution in [2.24, 2.45) is 17.3 Å². The van der Waals surface area contributed by atoms with Crippen molar-refractivity contribution in [1.29, 1.82) is 0 Å². The molecule has 1 fully saturated rings. The fraction of sp³-hybridized carbons (Fsp3) is 0.600. The highest BCUT2D eigenvalue weighted by Gasteiger charge is 2.50. The zero-order valence-corrected chi connectivity index (χ0v) is 14.3. The first-order valence-electron chi connectivity index (χ1n) is 8.76. The van der Waals surface area contributed by atoms with Crippen molar-refractivity contribution in [3.63, 3.8) is 0 Å². The van der Waals surface area contributed by atoms with Crippen molar-refractivity contribution < 1.29 is 9.84 Å². The lowest BCUT2D eigenvalue weighted by atomic mass is 9.49. The van der Waals surface area contributed by atoms with E-state index in [1.807, 2.05) is 18.2 Å². The normalized spacial score (nSPS) is 26.3. The van der Waals surface area contributed by atoms with Crippen LogP contribution in [0.2, 0.25) is 0 Å². The molecule has 1 saturated carbocycles. The molecule has 0 heterocycles. The first-order chi connectivity index (χ1) is 11.1. The summed E-state index contributed by atoms with van der Waals surface area (Å²) in [5, 5.41) is 13.3. The third kappa shape index (κ3) is 3.85. The van der Waals surface area contributed by atoms with Gasteiger partial charge in [0.25, 0.3) is 0 Å². The minimum atomic E-state index is -0.454. The second-order valence-electron chi connectivity index (χ2n) is 7.61. The summed E-state index contributed by atoms with van der Waals surface area (Å²) in [6, 6.07) is 10.2. The molecule has 0 aliphatic heterocycles. The Morgan fingerprint density at radius 1 is 1.30 bits per heavy atom. The van der Waals surface area contributed by atoms with Crippen molar-refractivity contribution >= 4 is 0 Å². The standard InChI is InChI=1S/C20H29NO2/c1-20(2)17-9-8-16(19(20)10-17)13-23-14-18(22)12-21-11-15-6-4-3-5-7-15/h3-8,17-19,21-22H,9-14H2,1-2H3/t17-,18-,19+/m0/s1. The fourth-order valence-electron chi connectivity index (χ4n) is 3.99. The number of hydrogen-bond acceptors (Lipinski definition) is 3. The molecule has 2 bridgehead atoms. The summed E-state index contributed by atoms with van der Waals surface area (Å²) in [6.07, 6.45) is 4.43. The molecule has 3 atom stereocenters. The van der Waals surface area contributed by atoms with E-state index >= 15 is 0 Å². The van der Waals surface area contributed by atoms with E-state index in [-0.39, 0.29) is 0 Å². The number of nitrogens with one attached hydrogen (secondary N) is 1. The molecule has 0 radical (unpaired) electrons. The van der Waals surface area contributed by atoms with Gasteiger partial charge in [-0.05, 0) is 41.2 Å². The summed E-state index contributed by atoms with van der Waals surface area (Å²) in [6.45, 7) is 7.17. The van der Waals surface area contributed by atoms with Crippen molar-refractivity contribution in [3.8, 4) is 0 Å². The Morgan fingerprint density at radius 2 is 2.09 bits per heavy atom. The monoisotopic (exact) mass is 315 g/mol. The minimum Gasteiger partial charge on any atom is -0.389 e. The summed E-state index contributed by atoms with van der Waals surface area (Å²) < 4.78 is 5.77. The Kier molecular flexibility index (Phi) is 5.20. The third-order valence-corrected chi connectivity index (χ3v) is 5.71. The fourth-order valence-corrected chi connectivity index (χ4v) is 3.99. The maximum absolute atomic E-state index is 10.0. The van der Waals surface area contributed by atoms with Crippen LogP contribution in [0, 0.1) is 17.3 Å². The van der Waals surface area contributed by atoms with E-state index in [9.17, 15) is 5.11 Å². The predicted molar refractivity (Wildman–Crippen MR) is 93.1 cm³/mol. The van der Waals surface area contributed by atoms with E-state index in [0.717, 1.165) is 12.5 Å². The number of ether oxygens (including phenoxy) is 1. The van der Waals surface area contributed by atoms with Gasteiger partial charge >= 0.3 is 0 Å². The molecule has 4 rings (SSSR count). The van der Waals surface area contributed by atoms with E-state index in [2.05, 4.69) is 37.4 Å². The van der Waals surface area contributed by atoms with Crippen LogP contribution < -0.4 is 5.32 Å². The van der Waals surface area contributed by atoms with Gasteiger partial charge in [-0.2, -0.15) is 0 Å². The second kappa shape index (κ2) is 7.16. The molecule has 126 valence electrons. The molecule has 1 aromatic carbocycles. The number of hydrogen-bond donors (Lipinski definition) is 2. The summed E-state index contributed by atoms with van der Waals surface area (Å²) in [5.41, 5.74) is 3.13. The van der Waals surface area contributed by atoms with E-state index in [1.54, 1.807) is 0 Å². The number of fused-ring (bicyclic) bond motifs is 1. The lowest BCUT2D eigenvalue weighted by Gasteiger charge is -2.56. The Bertz CT molecular complexity index is 538. The molecule has 3 aliphatic rings. The lowest BCUT2D eigenvalue weighted by Crippen LogP contribution is -2.48. The smallest absolute Gasteiger partial charge is 0.0897 e. The van der Waals surface area contributed by atoms with Gasteiger partial charge < -0.3 is 15.2 Å². The summed E-state index contributed by atoms with van der Waals surface area (Å²) in [5.74, 6) is 1.55. The topological polar surface area (TPSA) is 41.5 Å². The maximum atomic E-state index is 10.0. The second-order valence-corrected chi connectivity index (χ2v) is 7.61. The van der Waals surface area contributed by atoms with E-state index in [0.29, 0.717) is 31.1 Å². The van der Waals surface area contributed by atoms with Crippen LogP contribution >= 0.6 is 0 Å². The number of benzene rings is 1. The minimum absolute atomic E-state index is 0.399. The predicted octanol–water partition coefficient (Wildman–Crippen LogP) is 3.15. The molecule has 0 amide bonds. The van der Waals surface area contributed by atoms with Gasteiger partial charge in [0.1, 0.15) is 0 Å². The molecule has 23 heavy (non-hydrogen) atoms. The highest BCUT2D eigenvalue weighted by molar-refractivity contribution is 5.23. The summed E-state index contributed by atoms with van der Waals surface area (Å²) in [7, 11) is 0. The van der Waals surface area contributed by atoms with Crippen LogP contribution in [0.5, 0.6) is 0 Å². The van der Waals surface area contributed by atoms with Gasteiger partial charge in [0.2, 0.25) is 0 Å². The van der Waals surface area contributed by atoms with Gasteiger partial charge in [0, 0.05) is 13.1 Å². The van der Waals surface area contributed by atoms with E-state index < -0.39 is 6.10 Å². The quantitative estimate of drug-likeness (QED) is 0.724. The maximum Gasteiger partial charge on any atom is 0.0897 e. The molecule has 3 aliphatic carbocycles. The first kappa shape index (κ1) is 16.7. The number of rotatable bonds is 8. The highest BCUT2D eigenvalue weighted by atomic mass is 16.5. The van der Waals surface area contributed by atoms with Crippen molar-refractivity contribution in [2.45, 2.75) is 39.3 Å². The molecule has 0 unspecified atom stereocenters. The van der Waals surface area contributed by atoms with Gasteiger partial charge in [0.05, 0.1) is 19.3 Å². The van der Waals surface area contributed by atoms with Crippen molar-refractivity contribution in [1.82, 2.24) is 5.32 Å². The van der Waals surface area contributed by atoms with Crippen LogP contribution in [0.15, 0.2) is 42.0 Å². The third-order valence-electron chi connectivity index (χ3n) is 5.71. The van der Waals surface area contributed by atoms with Gasteiger partial charge in [0.15, 0.2) is 0 Å². The van der Waals surface area contributed by atoms with Crippen LogP contribution in [0.3, 0.4) is 0 Å². The SMILES string of the molecule is CC1(C)[C@H]2CC=C(COC[C@@H](O)CNCc3ccccc3)[C@H]1C2. The van der Waals surface area contributed by atoms with Crippen LogP contribution in [-0.4, -0.2) is 31.0 Å². The van der Waals surface area contributed by atoms with Crippen LogP contribution in [0.4, 0.5) is 0 Å². The zero-order chi connectivity index (χ0) is 16.3. The van der Waals surface area contributed by atoms with E-state index in [4.69, 9.17) is 4.74 Å². The Morgan fingerprint density at radius 3 is 2.78 bits per heavy atom. The lowest BCUT2D eigenvalue weighted by molar-refractivity contribution is -0.0235. The Balaban J connectivity index is 1.32. The number of aliphatic hydroxyl groups is 1. The molecule has 1 aromatic rings. The molecule has 3 heteroatoms. The molecular weight excluding hydrogens is 286 g/mol. The molecule has 0 saturated heterocycles. The molecule has 3 nitrogen and oxygen atoms in total. The van der Waals surface area contributed by atoms with Crippen molar-refractivity contribution in [3.05, 3.63) is 47.5 Å². The number of allylic oxidation sites excluding steroid dienone is 1. The summed E-state index contributed by atoms with van der Waals surface area (Å²) in [4.78, 5) is 0.